The molecule has 0 spiro atoms. The third-order valence-corrected chi connectivity index (χ3v) is 4.04. The van der Waals surface area contributed by atoms with E-state index in [9.17, 15) is 4.79 Å². The smallest absolute Gasteiger partial charge is 0.411 e. The Morgan fingerprint density at radius 2 is 1.83 bits per heavy atom. The number of carbonyl (C=O) groups is 1. The van der Waals surface area contributed by atoms with Crippen LogP contribution in [0, 0.1) is 6.92 Å². The van der Waals surface area contributed by atoms with Crippen molar-refractivity contribution in [3.05, 3.63) is 35.4 Å². The van der Waals surface area contributed by atoms with Crippen molar-refractivity contribution in [1.82, 2.24) is 4.90 Å². The maximum atomic E-state index is 12.0. The average Bonchev–Trinajstić information content (AvgIpc) is 2.89. The van der Waals surface area contributed by atoms with Crippen molar-refractivity contribution in [1.29, 1.82) is 0 Å². The Morgan fingerprint density at radius 1 is 1.28 bits per heavy atom. The molecule has 2 rings (SSSR count). The molecule has 1 heterocycles. The summed E-state index contributed by atoms with van der Waals surface area (Å²) in [7, 11) is 0. The number of ether oxygens (including phenoxy) is 1. The molecule has 2 atom stereocenters. The topological polar surface area (TPSA) is 29.3 Å². The fourth-order valence-corrected chi connectivity index (χ4v) is 2.96. The summed E-state index contributed by atoms with van der Waals surface area (Å²) in [5.41, 5.74) is 1.97. The van der Waals surface area contributed by atoms with Gasteiger partial charge in [-0.1, -0.05) is 52.4 Å². The second-order valence-corrected chi connectivity index (χ2v) is 6.89. The average molecular weight is 359 g/mol. The minimum Gasteiger partial charge on any atom is -0.444 e. The molecule has 0 aliphatic carbocycles. The van der Waals surface area contributed by atoms with Crippen LogP contribution in [-0.2, 0) is 4.74 Å². The zero-order valence-electron chi connectivity index (χ0n) is 11.1. The van der Waals surface area contributed by atoms with Crippen LogP contribution in [0.4, 0.5) is 4.79 Å². The van der Waals surface area contributed by atoms with Crippen LogP contribution in [-0.4, -0.2) is 20.6 Å². The van der Waals surface area contributed by atoms with E-state index in [1.807, 2.05) is 20.8 Å². The van der Waals surface area contributed by atoms with E-state index >= 15 is 0 Å². The van der Waals surface area contributed by atoms with Crippen LogP contribution in [0.2, 0.25) is 0 Å². The lowest BCUT2D eigenvalue weighted by Gasteiger charge is -2.20. The molecule has 1 aromatic rings. The van der Waals surface area contributed by atoms with E-state index in [1.165, 1.54) is 11.1 Å². The Balaban J connectivity index is 2.06. The molecule has 4 heteroatoms. The van der Waals surface area contributed by atoms with Gasteiger partial charge in [0.2, 0.25) is 0 Å². The molecule has 1 amide bonds. The van der Waals surface area contributed by atoms with Gasteiger partial charge in [-0.05, 0) is 33.3 Å². The number of alkyl halides is 1. The van der Waals surface area contributed by atoms with E-state index in [0.717, 1.165) is 0 Å². The van der Waals surface area contributed by atoms with E-state index in [-0.39, 0.29) is 16.2 Å². The maximum absolute atomic E-state index is 12.0. The van der Waals surface area contributed by atoms with Crippen molar-refractivity contribution >= 4 is 28.7 Å². The third-order valence-electron chi connectivity index (χ3n) is 2.76. The lowest BCUT2D eigenvalue weighted by atomic mass is 10.1. The van der Waals surface area contributed by atoms with E-state index in [2.05, 4.69) is 53.8 Å². The first-order chi connectivity index (χ1) is 8.29. The number of benzene rings is 1. The van der Waals surface area contributed by atoms with Gasteiger partial charge in [0.05, 0.1) is 6.04 Å². The molecule has 98 valence electrons. The lowest BCUT2D eigenvalue weighted by Crippen LogP contribution is -2.27. The molecule has 1 saturated heterocycles. The number of hydrogen-bond acceptors (Lipinski definition) is 2. The standard InChI is InChI=1S/C14H18INO2/c1-9-5-7-10(8-6-9)11-12(15)16(11)13(17)18-14(2,3)4/h5-8,11-12H,1-4H3/t11-,12-,16?/m1/s1. The maximum Gasteiger partial charge on any atom is 0.411 e. The van der Waals surface area contributed by atoms with E-state index in [0.29, 0.717) is 0 Å². The van der Waals surface area contributed by atoms with Crippen LogP contribution < -0.4 is 0 Å². The lowest BCUT2D eigenvalue weighted by molar-refractivity contribution is 0.0404. The summed E-state index contributed by atoms with van der Waals surface area (Å²) in [6.45, 7) is 7.72. The Labute approximate surface area is 122 Å². The fourth-order valence-electron chi connectivity index (χ4n) is 1.81. The summed E-state index contributed by atoms with van der Waals surface area (Å²) in [5, 5.41) is 0. The summed E-state index contributed by atoms with van der Waals surface area (Å²) in [6, 6.07) is 8.46. The van der Waals surface area contributed by atoms with E-state index in [1.54, 1.807) is 4.90 Å². The molecule has 1 aromatic carbocycles. The van der Waals surface area contributed by atoms with Crippen molar-refractivity contribution < 1.29 is 9.53 Å². The molecule has 0 N–H and O–H groups in total. The van der Waals surface area contributed by atoms with Gasteiger partial charge in [-0.25, -0.2) is 4.79 Å². The number of nitrogens with zero attached hydrogens (tertiary/aromatic N) is 1. The largest absolute Gasteiger partial charge is 0.444 e. The molecule has 0 radical (unpaired) electrons. The van der Waals surface area contributed by atoms with Crippen LogP contribution in [0.3, 0.4) is 0 Å². The van der Waals surface area contributed by atoms with Gasteiger partial charge < -0.3 is 4.74 Å². The first kappa shape index (κ1) is 13.6. The molecule has 1 aliphatic rings. The number of halogens is 1. The van der Waals surface area contributed by atoms with Crippen molar-refractivity contribution in [3.63, 3.8) is 0 Å². The highest BCUT2D eigenvalue weighted by Crippen LogP contribution is 2.47. The molecule has 1 fully saturated rings. The van der Waals surface area contributed by atoms with Crippen LogP contribution in [0.1, 0.15) is 37.9 Å². The normalized spacial score (nSPS) is 22.8. The van der Waals surface area contributed by atoms with E-state index < -0.39 is 5.60 Å². The van der Waals surface area contributed by atoms with Crippen molar-refractivity contribution in [2.45, 2.75) is 43.4 Å². The monoisotopic (exact) mass is 359 g/mol. The molecule has 3 nitrogen and oxygen atoms in total. The first-order valence-electron chi connectivity index (χ1n) is 6.01. The van der Waals surface area contributed by atoms with Crippen LogP contribution >= 0.6 is 22.6 Å². The molecule has 0 aromatic heterocycles. The van der Waals surface area contributed by atoms with Gasteiger partial charge >= 0.3 is 6.09 Å². The van der Waals surface area contributed by atoms with Crippen LogP contribution in [0.5, 0.6) is 0 Å². The molecule has 1 aliphatic heterocycles. The van der Waals surface area contributed by atoms with Gasteiger partial charge in [-0.2, -0.15) is 0 Å². The molecular weight excluding hydrogens is 341 g/mol. The predicted molar refractivity (Wildman–Crippen MR) is 79.8 cm³/mol. The van der Waals surface area contributed by atoms with Gasteiger partial charge in [0, 0.05) is 0 Å². The summed E-state index contributed by atoms with van der Waals surface area (Å²) >= 11 is 2.28. The quantitative estimate of drug-likeness (QED) is 0.328. The van der Waals surface area contributed by atoms with Gasteiger partial charge in [-0.15, -0.1) is 0 Å². The highest BCUT2D eigenvalue weighted by molar-refractivity contribution is 14.1. The fraction of sp³-hybridized carbons (Fsp3) is 0.500. The summed E-state index contributed by atoms with van der Waals surface area (Å²) in [4.78, 5) is 13.8. The Kier molecular flexibility index (Phi) is 3.58. The number of hydrogen-bond donors (Lipinski definition) is 0. The number of aryl methyl sites for hydroxylation is 1. The zero-order chi connectivity index (χ0) is 13.5. The Bertz CT molecular complexity index is 450. The van der Waals surface area contributed by atoms with Crippen molar-refractivity contribution in [2.24, 2.45) is 0 Å². The minimum absolute atomic E-state index is 0.154. The first-order valence-corrected chi connectivity index (χ1v) is 7.26. The second kappa shape index (κ2) is 4.72. The zero-order valence-corrected chi connectivity index (χ0v) is 13.3. The number of carbonyl (C=O) groups excluding carboxylic acids is 1. The summed E-state index contributed by atoms with van der Waals surface area (Å²) < 4.78 is 5.58. The van der Waals surface area contributed by atoms with Gasteiger partial charge in [0.1, 0.15) is 9.65 Å². The molecular formula is C14H18INO2. The second-order valence-electron chi connectivity index (χ2n) is 5.62. The van der Waals surface area contributed by atoms with Crippen LogP contribution in [0.15, 0.2) is 24.3 Å². The molecule has 0 bridgehead atoms. The van der Waals surface area contributed by atoms with Gasteiger partial charge in [0.15, 0.2) is 0 Å². The summed E-state index contributed by atoms with van der Waals surface area (Å²) in [5.74, 6) is 0. The number of rotatable bonds is 1. The SMILES string of the molecule is Cc1ccc([C@@H]2[C@H](I)N2C(=O)OC(C)(C)C)cc1. The van der Waals surface area contributed by atoms with Gasteiger partial charge in [0.25, 0.3) is 0 Å². The Hall–Kier alpha value is -0.780. The summed E-state index contributed by atoms with van der Waals surface area (Å²) in [6.07, 6.45) is -0.229. The molecule has 0 unspecified atom stereocenters. The van der Waals surface area contributed by atoms with Crippen molar-refractivity contribution in [2.75, 3.05) is 0 Å². The van der Waals surface area contributed by atoms with E-state index in [4.69, 9.17) is 4.74 Å². The van der Waals surface area contributed by atoms with Gasteiger partial charge in [-0.3, -0.25) is 4.90 Å². The third kappa shape index (κ3) is 2.96. The highest BCUT2D eigenvalue weighted by Gasteiger charge is 2.51. The Morgan fingerprint density at radius 3 is 2.33 bits per heavy atom. The van der Waals surface area contributed by atoms with Crippen LogP contribution in [0.25, 0.3) is 0 Å². The molecule has 0 saturated carbocycles. The number of amides is 1. The molecule has 18 heavy (non-hydrogen) atoms. The predicted octanol–water partition coefficient (Wildman–Crippen LogP) is 4.05. The highest BCUT2D eigenvalue weighted by atomic mass is 127. The van der Waals surface area contributed by atoms with Crippen molar-refractivity contribution in [3.8, 4) is 0 Å². The minimum atomic E-state index is -0.437.